The predicted molar refractivity (Wildman–Crippen MR) is 155 cm³/mol. The number of methoxy groups -OCH3 is 1. The molecule has 2 amide bonds. The third kappa shape index (κ3) is 7.09. The Morgan fingerprint density at radius 1 is 1.05 bits per heavy atom. The molecule has 1 unspecified atom stereocenters. The van der Waals surface area contributed by atoms with Gasteiger partial charge in [0.25, 0.3) is 0 Å². The second kappa shape index (κ2) is 12.3. The quantitative estimate of drug-likeness (QED) is 0.419. The van der Waals surface area contributed by atoms with Crippen LogP contribution in [-0.2, 0) is 24.3 Å². The van der Waals surface area contributed by atoms with Crippen LogP contribution in [-0.4, -0.2) is 74.8 Å². The van der Waals surface area contributed by atoms with E-state index in [1.807, 2.05) is 6.92 Å². The molecule has 2 aromatic carbocycles. The van der Waals surface area contributed by atoms with Gasteiger partial charge in [-0.05, 0) is 58.4 Å². The molecule has 0 aliphatic carbocycles. The number of hydrogen-bond acceptors (Lipinski definition) is 7. The van der Waals surface area contributed by atoms with Gasteiger partial charge < -0.3 is 24.4 Å². The number of carbonyl (C=O) groups is 2. The summed E-state index contributed by atoms with van der Waals surface area (Å²) in [6.07, 6.45) is -0.304. The van der Waals surface area contributed by atoms with Crippen molar-refractivity contribution < 1.29 is 32.2 Å². The molecule has 224 valence electrons. The first-order valence-corrected chi connectivity index (χ1v) is 15.4. The van der Waals surface area contributed by atoms with Gasteiger partial charge in [-0.2, -0.15) is 4.31 Å². The molecule has 2 fully saturated rings. The first-order chi connectivity index (χ1) is 19.2. The van der Waals surface area contributed by atoms with Crippen LogP contribution < -0.4 is 10.1 Å². The molecule has 4 rings (SSSR count). The molecule has 0 aromatic heterocycles. The first kappa shape index (κ1) is 31.4. The lowest BCUT2D eigenvalue weighted by Gasteiger charge is -2.40. The number of ether oxygens (including phenoxy) is 3. The number of amides is 2. The summed E-state index contributed by atoms with van der Waals surface area (Å²) in [5.41, 5.74) is 0.652. The molecule has 2 atom stereocenters. The van der Waals surface area contributed by atoms with Crippen LogP contribution in [0.5, 0.6) is 5.75 Å². The fraction of sp³-hybridized carbons (Fsp3) is 0.500. The van der Waals surface area contributed by atoms with Gasteiger partial charge in [-0.1, -0.05) is 40.9 Å². The molecule has 0 spiro atoms. The van der Waals surface area contributed by atoms with Crippen LogP contribution >= 0.6 is 23.2 Å². The summed E-state index contributed by atoms with van der Waals surface area (Å²) >= 11 is 13.0. The fourth-order valence-corrected chi connectivity index (χ4v) is 6.94. The lowest BCUT2D eigenvalue weighted by molar-refractivity contribution is -0.126. The van der Waals surface area contributed by atoms with Crippen molar-refractivity contribution in [3.05, 3.63) is 57.6 Å². The zero-order valence-electron chi connectivity index (χ0n) is 23.6. The van der Waals surface area contributed by atoms with Crippen molar-refractivity contribution in [2.75, 3.05) is 33.5 Å². The average Bonchev–Trinajstić information content (AvgIpc) is 3.31. The third-order valence-corrected chi connectivity index (χ3v) is 9.60. The topological polar surface area (TPSA) is 114 Å². The Balaban J connectivity index is 1.59. The van der Waals surface area contributed by atoms with Gasteiger partial charge in [0.05, 0.1) is 32.9 Å². The maximum absolute atomic E-state index is 13.9. The summed E-state index contributed by atoms with van der Waals surface area (Å²) in [6.45, 7) is 7.65. The standard InChI is InChI=1S/C28H35Cl2N3O7S/c1-17-6-8-20(9-7-17)41(36,37)33-13-18(26(34)31-19-14-32(15-19)27(35)40-28(2,3)4)12-22(33)24-23(39-16-38-5)11-10-21(29)25(24)30/h6-11,18-19,22H,12-16H2,1-5H3,(H,31,34)/t18?,22-/m1/s1. The van der Waals surface area contributed by atoms with Crippen LogP contribution in [0, 0.1) is 12.8 Å². The maximum atomic E-state index is 13.9. The van der Waals surface area contributed by atoms with Crippen molar-refractivity contribution >= 4 is 45.2 Å². The number of hydrogen-bond donors (Lipinski definition) is 1. The summed E-state index contributed by atoms with van der Waals surface area (Å²) in [7, 11) is -2.58. The zero-order chi connectivity index (χ0) is 30.1. The highest BCUT2D eigenvalue weighted by Gasteiger charge is 2.46. The van der Waals surface area contributed by atoms with Gasteiger partial charge in [-0.3, -0.25) is 4.79 Å². The molecule has 41 heavy (non-hydrogen) atoms. The normalized spacial score (nSPS) is 20.0. The number of aryl methyl sites for hydroxylation is 1. The van der Waals surface area contributed by atoms with Gasteiger partial charge in [-0.15, -0.1) is 0 Å². The number of nitrogens with zero attached hydrogens (tertiary/aromatic N) is 2. The van der Waals surface area contributed by atoms with Crippen LogP contribution in [0.1, 0.15) is 44.4 Å². The van der Waals surface area contributed by atoms with E-state index in [0.29, 0.717) is 24.4 Å². The molecule has 2 aliphatic heterocycles. The highest BCUT2D eigenvalue weighted by molar-refractivity contribution is 7.89. The number of likely N-dealkylation sites (tertiary alicyclic amines) is 1. The summed E-state index contributed by atoms with van der Waals surface area (Å²) < 4.78 is 45.3. The van der Waals surface area contributed by atoms with Crippen molar-refractivity contribution in [3.8, 4) is 5.75 Å². The van der Waals surface area contributed by atoms with Gasteiger partial charge in [0, 0.05) is 32.3 Å². The molecular weight excluding hydrogens is 593 g/mol. The van der Waals surface area contributed by atoms with E-state index >= 15 is 0 Å². The van der Waals surface area contributed by atoms with Crippen LogP contribution in [0.15, 0.2) is 41.3 Å². The molecular formula is C28H35Cl2N3O7S. The number of rotatable bonds is 8. The van der Waals surface area contributed by atoms with Crippen LogP contribution in [0.3, 0.4) is 0 Å². The van der Waals surface area contributed by atoms with E-state index in [1.54, 1.807) is 45.0 Å². The monoisotopic (exact) mass is 627 g/mol. The smallest absolute Gasteiger partial charge is 0.410 e. The van der Waals surface area contributed by atoms with Crippen molar-refractivity contribution in [2.24, 2.45) is 5.92 Å². The van der Waals surface area contributed by atoms with E-state index < -0.39 is 33.7 Å². The molecule has 2 aliphatic rings. The van der Waals surface area contributed by atoms with Gasteiger partial charge in [0.2, 0.25) is 15.9 Å². The molecule has 1 N–H and O–H groups in total. The molecule has 2 aromatic rings. The number of benzene rings is 2. The molecule has 10 nitrogen and oxygen atoms in total. The predicted octanol–water partition coefficient (Wildman–Crippen LogP) is 4.77. The van der Waals surface area contributed by atoms with Crippen LogP contribution in [0.4, 0.5) is 4.79 Å². The highest BCUT2D eigenvalue weighted by atomic mass is 35.5. The molecule has 0 bridgehead atoms. The number of sulfonamides is 1. The summed E-state index contributed by atoms with van der Waals surface area (Å²) in [4.78, 5) is 27.3. The fourth-order valence-electron chi connectivity index (χ4n) is 4.84. The average molecular weight is 629 g/mol. The Kier molecular flexibility index (Phi) is 9.45. The second-order valence-corrected chi connectivity index (χ2v) is 13.9. The summed E-state index contributed by atoms with van der Waals surface area (Å²) in [5, 5.41) is 3.32. The highest BCUT2D eigenvalue weighted by Crippen LogP contribution is 2.47. The van der Waals surface area contributed by atoms with Crippen molar-refractivity contribution in [3.63, 3.8) is 0 Å². The minimum absolute atomic E-state index is 0.0816. The van der Waals surface area contributed by atoms with E-state index in [1.165, 1.54) is 28.4 Å². The first-order valence-electron chi connectivity index (χ1n) is 13.2. The lowest BCUT2D eigenvalue weighted by Crippen LogP contribution is -2.62. The molecule has 2 saturated heterocycles. The van der Waals surface area contributed by atoms with Gasteiger partial charge >= 0.3 is 6.09 Å². The van der Waals surface area contributed by atoms with Crippen molar-refractivity contribution in [1.29, 1.82) is 0 Å². The molecule has 0 saturated carbocycles. The number of carbonyl (C=O) groups excluding carboxylic acids is 2. The van der Waals surface area contributed by atoms with Gasteiger partial charge in [-0.25, -0.2) is 13.2 Å². The van der Waals surface area contributed by atoms with E-state index in [9.17, 15) is 18.0 Å². The van der Waals surface area contributed by atoms with E-state index in [4.69, 9.17) is 37.4 Å². The van der Waals surface area contributed by atoms with Crippen molar-refractivity contribution in [2.45, 2.75) is 56.7 Å². The zero-order valence-corrected chi connectivity index (χ0v) is 26.0. The summed E-state index contributed by atoms with van der Waals surface area (Å²) in [5.74, 6) is -0.701. The Bertz CT molecular complexity index is 1390. The number of nitrogens with one attached hydrogen (secondary N) is 1. The van der Waals surface area contributed by atoms with E-state index in [0.717, 1.165) is 5.56 Å². The SMILES string of the molecule is COCOc1ccc(Cl)c(Cl)c1[C@H]1CC(C(=O)NC2CN(C(=O)OC(C)(C)C)C2)CN1S(=O)(=O)c1ccc(C)cc1. The Morgan fingerprint density at radius 3 is 2.32 bits per heavy atom. The van der Waals surface area contributed by atoms with Crippen LogP contribution in [0.2, 0.25) is 10.0 Å². The van der Waals surface area contributed by atoms with E-state index in [2.05, 4.69) is 5.32 Å². The minimum atomic E-state index is -4.05. The van der Waals surface area contributed by atoms with Crippen LogP contribution in [0.25, 0.3) is 0 Å². The van der Waals surface area contributed by atoms with Gasteiger partial charge in [0.15, 0.2) is 6.79 Å². The van der Waals surface area contributed by atoms with Crippen molar-refractivity contribution in [1.82, 2.24) is 14.5 Å². The van der Waals surface area contributed by atoms with E-state index in [-0.39, 0.29) is 46.6 Å². The third-order valence-electron chi connectivity index (χ3n) is 6.89. The lowest BCUT2D eigenvalue weighted by atomic mass is 9.98. The Hall–Kier alpha value is -2.57. The Morgan fingerprint density at radius 2 is 1.71 bits per heavy atom. The second-order valence-electron chi connectivity index (χ2n) is 11.3. The molecule has 13 heteroatoms. The summed E-state index contributed by atoms with van der Waals surface area (Å²) in [6, 6.07) is 8.56. The maximum Gasteiger partial charge on any atom is 0.410 e. The van der Waals surface area contributed by atoms with Gasteiger partial charge in [0.1, 0.15) is 11.4 Å². The Labute approximate surface area is 250 Å². The minimum Gasteiger partial charge on any atom is -0.467 e. The molecule has 2 heterocycles. The largest absolute Gasteiger partial charge is 0.467 e. The number of halogens is 2. The molecule has 0 radical (unpaired) electrons.